The quantitative estimate of drug-likeness (QED) is 0.476. The third kappa shape index (κ3) is 5.69. The Labute approximate surface area is 217 Å². The van der Waals surface area contributed by atoms with Gasteiger partial charge in [0.2, 0.25) is 5.88 Å². The van der Waals surface area contributed by atoms with Crippen molar-refractivity contribution >= 4 is 27.4 Å². The molecule has 2 aromatic carbocycles. The van der Waals surface area contributed by atoms with Crippen molar-refractivity contribution in [3.63, 3.8) is 0 Å². The summed E-state index contributed by atoms with van der Waals surface area (Å²) in [5.41, 5.74) is 2.87. The van der Waals surface area contributed by atoms with Crippen molar-refractivity contribution in [3.8, 4) is 5.88 Å². The Bertz CT molecular complexity index is 1380. The Morgan fingerprint density at radius 3 is 2.65 bits per heavy atom. The van der Waals surface area contributed by atoms with E-state index in [1.54, 1.807) is 17.0 Å². The molecule has 1 aromatic heterocycles. The lowest BCUT2D eigenvalue weighted by molar-refractivity contribution is 0.0386. The van der Waals surface area contributed by atoms with Gasteiger partial charge in [-0.25, -0.2) is 23.2 Å². The summed E-state index contributed by atoms with van der Waals surface area (Å²) in [6.45, 7) is 3.48. The van der Waals surface area contributed by atoms with Crippen molar-refractivity contribution in [1.82, 2.24) is 14.9 Å². The number of piperidine rings is 1. The number of carbonyl (C=O) groups excluding carboxylic acids is 1. The summed E-state index contributed by atoms with van der Waals surface area (Å²) in [6, 6.07) is 16.6. The van der Waals surface area contributed by atoms with Crippen molar-refractivity contribution in [1.29, 1.82) is 0 Å². The summed E-state index contributed by atoms with van der Waals surface area (Å²) in [7, 11) is -3.26. The van der Waals surface area contributed by atoms with Crippen molar-refractivity contribution in [3.05, 3.63) is 72.1 Å². The molecule has 3 heterocycles. The minimum atomic E-state index is -3.26. The molecule has 0 N–H and O–H groups in total. The van der Waals surface area contributed by atoms with E-state index in [4.69, 9.17) is 9.47 Å². The van der Waals surface area contributed by atoms with Gasteiger partial charge in [0, 0.05) is 50.0 Å². The maximum atomic E-state index is 12.6. The summed E-state index contributed by atoms with van der Waals surface area (Å²) >= 11 is 0. The van der Waals surface area contributed by atoms with E-state index in [0.717, 1.165) is 23.2 Å². The highest BCUT2D eigenvalue weighted by atomic mass is 32.2. The number of rotatable bonds is 6. The van der Waals surface area contributed by atoms with Crippen molar-refractivity contribution < 1.29 is 22.7 Å². The maximum Gasteiger partial charge on any atom is 0.410 e. The SMILES string of the molecule is C[C@H]1C[C@@H](Oc2cc(N3CCc4cc(S(C)(=O)=O)ccc43)ncn2)CCN1C(=O)OCc1ccccc1. The lowest BCUT2D eigenvalue weighted by Crippen LogP contribution is -2.47. The van der Waals surface area contributed by atoms with Crippen LogP contribution in [0.1, 0.15) is 30.9 Å². The minimum Gasteiger partial charge on any atom is -0.474 e. The summed E-state index contributed by atoms with van der Waals surface area (Å²) in [5.74, 6) is 1.18. The molecular weight excluding hydrogens is 492 g/mol. The number of anilines is 2. The normalized spacial score (nSPS) is 19.4. The highest BCUT2D eigenvalue weighted by Crippen LogP contribution is 2.36. The highest BCUT2D eigenvalue weighted by Gasteiger charge is 2.31. The molecule has 10 heteroatoms. The Morgan fingerprint density at radius 1 is 1.08 bits per heavy atom. The Kier molecular flexibility index (Phi) is 7.01. The van der Waals surface area contributed by atoms with Crippen LogP contribution in [-0.4, -0.2) is 60.9 Å². The third-order valence-electron chi connectivity index (χ3n) is 6.83. The molecule has 0 bridgehead atoms. The molecule has 2 atom stereocenters. The van der Waals surface area contributed by atoms with Crippen LogP contribution in [0.5, 0.6) is 5.88 Å². The Hall–Kier alpha value is -3.66. The molecule has 1 fully saturated rings. The zero-order valence-corrected chi connectivity index (χ0v) is 21.7. The smallest absolute Gasteiger partial charge is 0.410 e. The number of nitrogens with zero attached hydrogens (tertiary/aromatic N) is 4. The number of benzene rings is 2. The second kappa shape index (κ2) is 10.4. The van der Waals surface area contributed by atoms with Gasteiger partial charge < -0.3 is 19.3 Å². The zero-order chi connectivity index (χ0) is 26.0. The first-order valence-corrected chi connectivity index (χ1v) is 14.2. The van der Waals surface area contributed by atoms with Crippen LogP contribution in [0.3, 0.4) is 0 Å². The van der Waals surface area contributed by atoms with E-state index in [1.807, 2.05) is 54.3 Å². The predicted octanol–water partition coefficient (Wildman–Crippen LogP) is 4.14. The van der Waals surface area contributed by atoms with E-state index in [9.17, 15) is 13.2 Å². The lowest BCUT2D eigenvalue weighted by atomic mass is 10.0. The number of amides is 1. The van der Waals surface area contributed by atoms with Gasteiger partial charge in [-0.2, -0.15) is 0 Å². The molecule has 0 radical (unpaired) electrons. The molecule has 3 aromatic rings. The third-order valence-corrected chi connectivity index (χ3v) is 7.94. The van der Waals surface area contributed by atoms with Gasteiger partial charge in [0.25, 0.3) is 0 Å². The Balaban J connectivity index is 1.20. The number of carbonyl (C=O) groups is 1. The first kappa shape index (κ1) is 25.0. The Morgan fingerprint density at radius 2 is 1.89 bits per heavy atom. The van der Waals surface area contributed by atoms with E-state index in [1.165, 1.54) is 12.6 Å². The van der Waals surface area contributed by atoms with Crippen LogP contribution in [0.4, 0.5) is 16.3 Å². The molecule has 0 spiro atoms. The minimum absolute atomic E-state index is 0.0298. The lowest BCUT2D eigenvalue weighted by Gasteiger charge is -2.36. The number of likely N-dealkylation sites (tertiary alicyclic amines) is 1. The number of ether oxygens (including phenoxy) is 2. The van der Waals surface area contributed by atoms with E-state index in [0.29, 0.717) is 42.5 Å². The summed E-state index contributed by atoms with van der Waals surface area (Å²) in [4.78, 5) is 25.5. The van der Waals surface area contributed by atoms with Gasteiger partial charge in [0.1, 0.15) is 24.9 Å². The van der Waals surface area contributed by atoms with Gasteiger partial charge in [-0.1, -0.05) is 30.3 Å². The molecular formula is C27H30N4O5S. The number of fused-ring (bicyclic) bond motifs is 1. The van der Waals surface area contributed by atoms with E-state index in [2.05, 4.69) is 9.97 Å². The number of hydrogen-bond donors (Lipinski definition) is 0. The molecule has 5 rings (SSSR count). The largest absolute Gasteiger partial charge is 0.474 e. The van der Waals surface area contributed by atoms with Crippen LogP contribution < -0.4 is 9.64 Å². The molecule has 194 valence electrons. The standard InChI is InChI=1S/C27H30N4O5S/c1-19-14-22(11-13-30(19)27(32)35-17-20-6-4-3-5-7-20)36-26-16-25(28-18-29-26)31-12-10-21-15-23(37(2,33)34)8-9-24(21)31/h3-9,15-16,18-19,22H,10-14,17H2,1-2H3/t19-,22-/m0/s1. The molecule has 9 nitrogen and oxygen atoms in total. The molecule has 1 amide bonds. The molecule has 0 unspecified atom stereocenters. The first-order valence-electron chi connectivity index (χ1n) is 12.3. The average molecular weight is 523 g/mol. The van der Waals surface area contributed by atoms with Crippen LogP contribution in [0.2, 0.25) is 0 Å². The van der Waals surface area contributed by atoms with Crippen LogP contribution in [0, 0.1) is 0 Å². The molecule has 0 aliphatic carbocycles. The molecule has 2 aliphatic rings. The molecule has 0 saturated carbocycles. The van der Waals surface area contributed by atoms with Crippen molar-refractivity contribution in [2.24, 2.45) is 0 Å². The van der Waals surface area contributed by atoms with Gasteiger partial charge in [-0.3, -0.25) is 0 Å². The fourth-order valence-corrected chi connectivity index (χ4v) is 5.54. The maximum absolute atomic E-state index is 12.6. The molecule has 2 aliphatic heterocycles. The first-order chi connectivity index (χ1) is 17.8. The topological polar surface area (TPSA) is 102 Å². The summed E-state index contributed by atoms with van der Waals surface area (Å²) in [6.07, 6.45) is 4.37. The van der Waals surface area contributed by atoms with Gasteiger partial charge >= 0.3 is 6.09 Å². The van der Waals surface area contributed by atoms with E-state index >= 15 is 0 Å². The molecule has 1 saturated heterocycles. The fraction of sp³-hybridized carbons (Fsp3) is 0.370. The fourth-order valence-electron chi connectivity index (χ4n) is 4.87. The van der Waals surface area contributed by atoms with Crippen LogP contribution in [0.25, 0.3) is 0 Å². The average Bonchev–Trinajstić information content (AvgIpc) is 3.31. The van der Waals surface area contributed by atoms with E-state index in [-0.39, 0.29) is 24.8 Å². The van der Waals surface area contributed by atoms with E-state index < -0.39 is 9.84 Å². The van der Waals surface area contributed by atoms with Crippen molar-refractivity contribution in [2.75, 3.05) is 24.2 Å². The summed E-state index contributed by atoms with van der Waals surface area (Å²) in [5, 5.41) is 0. The van der Waals surface area contributed by atoms with Crippen LogP contribution in [0.15, 0.2) is 65.8 Å². The van der Waals surface area contributed by atoms with Crippen LogP contribution in [-0.2, 0) is 27.6 Å². The number of aromatic nitrogens is 2. The summed E-state index contributed by atoms with van der Waals surface area (Å²) < 4.78 is 35.5. The predicted molar refractivity (Wildman–Crippen MR) is 139 cm³/mol. The number of hydrogen-bond acceptors (Lipinski definition) is 8. The van der Waals surface area contributed by atoms with Crippen LogP contribution >= 0.6 is 0 Å². The molecule has 37 heavy (non-hydrogen) atoms. The number of sulfone groups is 1. The van der Waals surface area contributed by atoms with Crippen molar-refractivity contribution in [2.45, 2.75) is 49.8 Å². The van der Waals surface area contributed by atoms with Gasteiger partial charge in [-0.05, 0) is 42.7 Å². The second-order valence-corrected chi connectivity index (χ2v) is 11.5. The zero-order valence-electron chi connectivity index (χ0n) is 20.9. The highest BCUT2D eigenvalue weighted by molar-refractivity contribution is 7.90. The van der Waals surface area contributed by atoms with Gasteiger partial charge in [0.15, 0.2) is 9.84 Å². The van der Waals surface area contributed by atoms with Gasteiger partial charge in [-0.15, -0.1) is 0 Å². The monoisotopic (exact) mass is 522 g/mol. The second-order valence-electron chi connectivity index (χ2n) is 9.53. The van der Waals surface area contributed by atoms with Gasteiger partial charge in [0.05, 0.1) is 4.90 Å².